The van der Waals surface area contributed by atoms with Crippen molar-refractivity contribution in [2.75, 3.05) is 13.7 Å². The highest BCUT2D eigenvalue weighted by Crippen LogP contribution is 2.47. The summed E-state index contributed by atoms with van der Waals surface area (Å²) in [4.78, 5) is 0. The lowest BCUT2D eigenvalue weighted by atomic mass is 9.81. The predicted octanol–water partition coefficient (Wildman–Crippen LogP) is 6.80. The molecule has 1 saturated heterocycles. The van der Waals surface area contributed by atoms with Gasteiger partial charge in [0.05, 0.1) is 44.6 Å². The van der Waals surface area contributed by atoms with Gasteiger partial charge in [-0.25, -0.2) is 0 Å². The van der Waals surface area contributed by atoms with Gasteiger partial charge in [-0.1, -0.05) is 103 Å². The lowest BCUT2D eigenvalue weighted by molar-refractivity contribution is -0.306. The Labute approximate surface area is 248 Å². The van der Waals surface area contributed by atoms with Gasteiger partial charge in [0.1, 0.15) is 18.0 Å². The van der Waals surface area contributed by atoms with E-state index < -0.39 is 24.6 Å². The van der Waals surface area contributed by atoms with Crippen molar-refractivity contribution in [1.29, 1.82) is 0 Å². The fourth-order valence-corrected chi connectivity index (χ4v) is 5.90. The molecule has 218 valence electrons. The van der Waals surface area contributed by atoms with Crippen molar-refractivity contribution in [2.45, 2.75) is 57.5 Å². The summed E-state index contributed by atoms with van der Waals surface area (Å²) in [6.45, 7) is 3.71. The van der Waals surface area contributed by atoms with Crippen LogP contribution in [0.15, 0.2) is 109 Å². The van der Waals surface area contributed by atoms with Crippen LogP contribution in [0.25, 0.3) is 0 Å². The van der Waals surface area contributed by atoms with Crippen LogP contribution in [0.1, 0.15) is 33.9 Å². The van der Waals surface area contributed by atoms with Gasteiger partial charge in [-0.3, -0.25) is 0 Å². The van der Waals surface area contributed by atoms with E-state index in [4.69, 9.17) is 28.4 Å². The normalized spacial score (nSPS) is 24.8. The fraction of sp³-hybridized carbons (Fsp3) is 0.333. The summed E-state index contributed by atoms with van der Waals surface area (Å²) in [5, 5.41) is 0. The molecule has 42 heavy (non-hydrogen) atoms. The van der Waals surface area contributed by atoms with Crippen LogP contribution in [0.4, 0.5) is 0 Å². The molecule has 0 aliphatic carbocycles. The van der Waals surface area contributed by atoms with E-state index in [0.29, 0.717) is 26.4 Å². The third kappa shape index (κ3) is 6.59. The van der Waals surface area contributed by atoms with E-state index in [2.05, 4.69) is 49.4 Å². The molecule has 0 N–H and O–H groups in total. The number of aryl methyl sites for hydroxylation is 1. The van der Waals surface area contributed by atoms with Gasteiger partial charge in [0, 0.05) is 12.7 Å². The number of rotatable bonds is 11. The zero-order chi connectivity index (χ0) is 28.7. The molecule has 0 saturated carbocycles. The van der Waals surface area contributed by atoms with Crippen LogP contribution in [0.2, 0.25) is 0 Å². The Morgan fingerprint density at radius 3 is 1.83 bits per heavy atom. The molecule has 0 aromatic heterocycles. The van der Waals surface area contributed by atoms with Gasteiger partial charge in [0.25, 0.3) is 0 Å². The number of methoxy groups -OCH3 is 1. The third-order valence-electron chi connectivity index (χ3n) is 7.98. The molecule has 0 bridgehead atoms. The van der Waals surface area contributed by atoms with E-state index in [1.54, 1.807) is 7.11 Å². The molecule has 4 aromatic rings. The topological polar surface area (TPSA) is 55.4 Å². The largest absolute Gasteiger partial charge is 0.464 e. The van der Waals surface area contributed by atoms with Crippen LogP contribution >= 0.6 is 0 Å². The molecule has 0 radical (unpaired) electrons. The number of benzene rings is 4. The average molecular weight is 567 g/mol. The second-order valence-electron chi connectivity index (χ2n) is 11.0. The Hall–Kier alpha value is -3.52. The molecule has 6 heteroatoms. The van der Waals surface area contributed by atoms with Crippen LogP contribution in [0.5, 0.6) is 5.75 Å². The van der Waals surface area contributed by atoms with E-state index in [0.717, 1.165) is 33.6 Å². The summed E-state index contributed by atoms with van der Waals surface area (Å²) in [7, 11) is 1.74. The summed E-state index contributed by atoms with van der Waals surface area (Å²) in [6, 6.07) is 36.7. The Kier molecular flexibility index (Phi) is 9.28. The highest BCUT2D eigenvalue weighted by atomic mass is 16.7. The molecule has 0 amide bonds. The second kappa shape index (κ2) is 13.6. The van der Waals surface area contributed by atoms with Gasteiger partial charge in [-0.2, -0.15) is 0 Å². The lowest BCUT2D eigenvalue weighted by Gasteiger charge is -2.50. The van der Waals surface area contributed by atoms with Gasteiger partial charge in [-0.15, -0.1) is 0 Å². The van der Waals surface area contributed by atoms with Crippen molar-refractivity contribution in [1.82, 2.24) is 0 Å². The number of ether oxygens (including phenoxy) is 6. The highest BCUT2D eigenvalue weighted by Gasteiger charge is 2.54. The fourth-order valence-electron chi connectivity index (χ4n) is 5.90. The first-order valence-electron chi connectivity index (χ1n) is 14.6. The Balaban J connectivity index is 1.32. The Morgan fingerprint density at radius 1 is 0.667 bits per heavy atom. The highest BCUT2D eigenvalue weighted by molar-refractivity contribution is 5.41. The van der Waals surface area contributed by atoms with Crippen molar-refractivity contribution in [3.63, 3.8) is 0 Å². The zero-order valence-corrected chi connectivity index (χ0v) is 24.1. The zero-order valence-electron chi connectivity index (χ0n) is 24.1. The minimum atomic E-state index is -0.590. The molecule has 2 heterocycles. The van der Waals surface area contributed by atoms with Crippen LogP contribution in [-0.4, -0.2) is 38.3 Å². The molecule has 4 aromatic carbocycles. The van der Waals surface area contributed by atoms with Crippen molar-refractivity contribution in [2.24, 2.45) is 5.92 Å². The molecule has 0 unspecified atom stereocenters. The molecule has 2 aliphatic heterocycles. The molecule has 0 spiro atoms. The Morgan fingerprint density at radius 2 is 1.24 bits per heavy atom. The smallest absolute Gasteiger partial charge is 0.208 e. The van der Waals surface area contributed by atoms with Crippen molar-refractivity contribution < 1.29 is 28.4 Å². The summed E-state index contributed by atoms with van der Waals surface area (Å²) in [5.74, 6) is 0.502. The number of fused-ring (bicyclic) bond motifs is 2. The van der Waals surface area contributed by atoms with E-state index in [-0.39, 0.29) is 12.0 Å². The SMILES string of the molecule is CO[C@@H]1c2cc(C)ccc2O[C@H]2O[C@H](COCc3ccccc3)[C@H](OCc3ccccc3)[C@H](OCc3ccccc3)[C@H]21. The third-order valence-corrected chi connectivity index (χ3v) is 7.98. The molecule has 6 rings (SSSR count). The molecule has 6 atom stereocenters. The van der Waals surface area contributed by atoms with Crippen LogP contribution < -0.4 is 4.74 Å². The molecule has 1 fully saturated rings. The molecular formula is C36H38O6. The maximum Gasteiger partial charge on any atom is 0.208 e. The van der Waals surface area contributed by atoms with Crippen LogP contribution in [-0.2, 0) is 43.5 Å². The predicted molar refractivity (Wildman–Crippen MR) is 160 cm³/mol. The van der Waals surface area contributed by atoms with Crippen molar-refractivity contribution in [3.8, 4) is 5.75 Å². The minimum absolute atomic E-state index is 0.265. The summed E-state index contributed by atoms with van der Waals surface area (Å²) >= 11 is 0. The van der Waals surface area contributed by atoms with E-state index in [9.17, 15) is 0 Å². The first-order chi connectivity index (χ1) is 20.7. The van der Waals surface area contributed by atoms with E-state index >= 15 is 0 Å². The average Bonchev–Trinajstić information content (AvgIpc) is 3.03. The number of hydrogen-bond donors (Lipinski definition) is 0. The van der Waals surface area contributed by atoms with Gasteiger partial charge in [-0.05, 0) is 35.7 Å². The minimum Gasteiger partial charge on any atom is -0.464 e. The van der Waals surface area contributed by atoms with E-state index in [1.165, 1.54) is 0 Å². The first kappa shape index (κ1) is 28.6. The quantitative estimate of drug-likeness (QED) is 0.199. The maximum atomic E-state index is 6.79. The van der Waals surface area contributed by atoms with Crippen molar-refractivity contribution >= 4 is 0 Å². The second-order valence-corrected chi connectivity index (χ2v) is 11.0. The molecule has 2 aliphatic rings. The Bertz CT molecular complexity index is 1400. The van der Waals surface area contributed by atoms with Crippen molar-refractivity contribution in [3.05, 3.63) is 137 Å². The summed E-state index contributed by atoms with van der Waals surface area (Å²) < 4.78 is 39.1. The summed E-state index contributed by atoms with van der Waals surface area (Å²) in [6.07, 6.45) is -2.14. The summed E-state index contributed by atoms with van der Waals surface area (Å²) in [5.41, 5.74) is 5.40. The monoisotopic (exact) mass is 566 g/mol. The van der Waals surface area contributed by atoms with Gasteiger partial charge in [0.15, 0.2) is 0 Å². The van der Waals surface area contributed by atoms with Crippen LogP contribution in [0, 0.1) is 12.8 Å². The van der Waals surface area contributed by atoms with Gasteiger partial charge < -0.3 is 28.4 Å². The van der Waals surface area contributed by atoms with Crippen LogP contribution in [0.3, 0.4) is 0 Å². The van der Waals surface area contributed by atoms with Gasteiger partial charge >= 0.3 is 0 Å². The standard InChI is InChI=1S/C36H38O6/c1-25-18-19-30-29(20-25)33(37-2)32-35(40-23-28-16-10-5-11-17-28)34(39-22-27-14-8-4-9-15-27)31(42-36(32)41-30)24-38-21-26-12-6-3-7-13-26/h3-20,31-36H,21-24H2,1-2H3/t31-,32-,33-,34+,35-,36+/m1/s1. The lowest BCUT2D eigenvalue weighted by Crippen LogP contribution is -2.61. The van der Waals surface area contributed by atoms with E-state index in [1.807, 2.05) is 66.7 Å². The molecule has 6 nitrogen and oxygen atoms in total. The first-order valence-corrected chi connectivity index (χ1v) is 14.6. The van der Waals surface area contributed by atoms with Gasteiger partial charge in [0.2, 0.25) is 6.29 Å². The number of hydrogen-bond acceptors (Lipinski definition) is 6. The maximum absolute atomic E-state index is 6.79. The molecular weight excluding hydrogens is 528 g/mol.